The molecule has 104 valence electrons. The van der Waals surface area contributed by atoms with Gasteiger partial charge in [-0.3, -0.25) is 5.41 Å². The summed E-state index contributed by atoms with van der Waals surface area (Å²) in [7, 11) is 0. The van der Waals surface area contributed by atoms with E-state index in [1.165, 1.54) is 11.1 Å². The third-order valence-electron chi connectivity index (χ3n) is 3.49. The van der Waals surface area contributed by atoms with E-state index in [9.17, 15) is 0 Å². The minimum Gasteiger partial charge on any atom is -0.488 e. The molecule has 0 heterocycles. The Morgan fingerprint density at radius 1 is 1.10 bits per heavy atom. The Hall–Kier alpha value is -2.29. The molecule has 0 fully saturated rings. The number of nitrogens with two attached hydrogens (primary N) is 1. The zero-order chi connectivity index (χ0) is 14.7. The van der Waals surface area contributed by atoms with Gasteiger partial charge >= 0.3 is 0 Å². The van der Waals surface area contributed by atoms with E-state index < -0.39 is 0 Å². The standard InChI is InChI=1S/C17H20N2O/c1-11-7-8-12(2)16(13(11)3)20-10-14-5-4-6-15(9-14)17(18)19/h4-9H,10H2,1-3H3,(H3,18,19). The summed E-state index contributed by atoms with van der Waals surface area (Å²) >= 11 is 0. The predicted octanol–water partition coefficient (Wildman–Crippen LogP) is 3.47. The van der Waals surface area contributed by atoms with Crippen LogP contribution >= 0.6 is 0 Å². The van der Waals surface area contributed by atoms with Gasteiger partial charge in [-0.25, -0.2) is 0 Å². The molecule has 0 aliphatic rings. The number of hydrogen-bond donors (Lipinski definition) is 2. The van der Waals surface area contributed by atoms with Crippen LogP contribution in [0.15, 0.2) is 36.4 Å². The zero-order valence-electron chi connectivity index (χ0n) is 12.2. The fourth-order valence-electron chi connectivity index (χ4n) is 2.13. The second-order valence-electron chi connectivity index (χ2n) is 5.06. The summed E-state index contributed by atoms with van der Waals surface area (Å²) in [6.45, 7) is 6.68. The van der Waals surface area contributed by atoms with Gasteiger partial charge in [0.2, 0.25) is 0 Å². The summed E-state index contributed by atoms with van der Waals surface area (Å²) in [5.41, 5.74) is 10.8. The third-order valence-corrected chi connectivity index (χ3v) is 3.49. The molecule has 2 rings (SSSR count). The van der Waals surface area contributed by atoms with Crippen molar-refractivity contribution >= 4 is 5.84 Å². The minimum atomic E-state index is 0.0785. The first kappa shape index (κ1) is 14.1. The number of rotatable bonds is 4. The van der Waals surface area contributed by atoms with Crippen LogP contribution in [0.25, 0.3) is 0 Å². The minimum absolute atomic E-state index is 0.0785. The van der Waals surface area contributed by atoms with Crippen LogP contribution in [0.4, 0.5) is 0 Å². The number of aryl methyl sites for hydroxylation is 2. The van der Waals surface area contributed by atoms with Crippen molar-refractivity contribution in [1.29, 1.82) is 5.41 Å². The van der Waals surface area contributed by atoms with Gasteiger partial charge in [-0.2, -0.15) is 0 Å². The first-order chi connectivity index (χ1) is 9.49. The van der Waals surface area contributed by atoms with Crippen molar-refractivity contribution in [2.24, 2.45) is 5.73 Å². The van der Waals surface area contributed by atoms with Crippen molar-refractivity contribution in [2.45, 2.75) is 27.4 Å². The highest BCUT2D eigenvalue weighted by molar-refractivity contribution is 5.95. The van der Waals surface area contributed by atoms with Crippen LogP contribution in [0.2, 0.25) is 0 Å². The van der Waals surface area contributed by atoms with Gasteiger partial charge in [0.25, 0.3) is 0 Å². The average Bonchev–Trinajstić information content (AvgIpc) is 2.43. The van der Waals surface area contributed by atoms with Gasteiger partial charge in [-0.15, -0.1) is 0 Å². The van der Waals surface area contributed by atoms with Crippen LogP contribution in [0.3, 0.4) is 0 Å². The lowest BCUT2D eigenvalue weighted by Crippen LogP contribution is -2.11. The fourth-order valence-corrected chi connectivity index (χ4v) is 2.13. The Labute approximate surface area is 119 Å². The maximum absolute atomic E-state index is 7.46. The normalized spacial score (nSPS) is 10.3. The molecule has 0 unspecified atom stereocenters. The van der Waals surface area contributed by atoms with Crippen molar-refractivity contribution in [2.75, 3.05) is 0 Å². The molecule has 3 nitrogen and oxygen atoms in total. The largest absolute Gasteiger partial charge is 0.488 e. The number of benzene rings is 2. The van der Waals surface area contributed by atoms with Gasteiger partial charge in [0.15, 0.2) is 0 Å². The molecule has 3 N–H and O–H groups in total. The zero-order valence-corrected chi connectivity index (χ0v) is 12.2. The Balaban J connectivity index is 2.19. The van der Waals surface area contributed by atoms with Gasteiger partial charge in [-0.1, -0.05) is 30.3 Å². The van der Waals surface area contributed by atoms with Crippen molar-refractivity contribution in [3.8, 4) is 5.75 Å². The molecule has 0 spiro atoms. The van der Waals surface area contributed by atoms with E-state index in [0.29, 0.717) is 6.61 Å². The second kappa shape index (κ2) is 5.78. The van der Waals surface area contributed by atoms with E-state index in [0.717, 1.165) is 22.4 Å². The van der Waals surface area contributed by atoms with Gasteiger partial charge < -0.3 is 10.5 Å². The smallest absolute Gasteiger partial charge is 0.125 e. The van der Waals surface area contributed by atoms with Crippen LogP contribution in [-0.2, 0) is 6.61 Å². The SMILES string of the molecule is Cc1ccc(C)c(OCc2cccc(C(=N)N)c2)c1C. The molecule has 2 aromatic carbocycles. The lowest BCUT2D eigenvalue weighted by Gasteiger charge is -2.14. The molecule has 0 aliphatic carbocycles. The molecule has 0 amide bonds. The van der Waals surface area contributed by atoms with Gasteiger partial charge in [0.1, 0.15) is 18.2 Å². The van der Waals surface area contributed by atoms with Gasteiger partial charge in [-0.05, 0) is 49.1 Å². The number of ether oxygens (including phenoxy) is 1. The Morgan fingerprint density at radius 3 is 2.50 bits per heavy atom. The lowest BCUT2D eigenvalue weighted by atomic mass is 10.1. The van der Waals surface area contributed by atoms with E-state index in [1.54, 1.807) is 0 Å². The summed E-state index contributed by atoms with van der Waals surface area (Å²) in [6, 6.07) is 11.8. The number of hydrogen-bond acceptors (Lipinski definition) is 2. The molecule has 0 bridgehead atoms. The summed E-state index contributed by atoms with van der Waals surface area (Å²) < 4.78 is 5.96. The van der Waals surface area contributed by atoms with E-state index >= 15 is 0 Å². The van der Waals surface area contributed by atoms with Crippen LogP contribution < -0.4 is 10.5 Å². The number of nitrogen functional groups attached to an aromatic ring is 1. The summed E-state index contributed by atoms with van der Waals surface area (Å²) in [5.74, 6) is 1.02. The maximum Gasteiger partial charge on any atom is 0.125 e. The second-order valence-corrected chi connectivity index (χ2v) is 5.06. The highest BCUT2D eigenvalue weighted by Gasteiger charge is 2.07. The molecule has 0 aromatic heterocycles. The van der Waals surface area contributed by atoms with Crippen molar-refractivity contribution in [1.82, 2.24) is 0 Å². The fraction of sp³-hybridized carbons (Fsp3) is 0.235. The molecule has 0 radical (unpaired) electrons. The van der Waals surface area contributed by atoms with Crippen molar-refractivity contribution in [3.63, 3.8) is 0 Å². The summed E-state index contributed by atoms with van der Waals surface area (Å²) in [5, 5.41) is 7.46. The van der Waals surface area contributed by atoms with Crippen molar-refractivity contribution in [3.05, 3.63) is 64.2 Å². The topological polar surface area (TPSA) is 59.1 Å². The lowest BCUT2D eigenvalue weighted by molar-refractivity contribution is 0.301. The summed E-state index contributed by atoms with van der Waals surface area (Å²) in [6.07, 6.45) is 0. The Kier molecular flexibility index (Phi) is 4.08. The van der Waals surface area contributed by atoms with Crippen molar-refractivity contribution < 1.29 is 4.74 Å². The number of amidine groups is 1. The van der Waals surface area contributed by atoms with E-state index in [4.69, 9.17) is 15.9 Å². The van der Waals surface area contributed by atoms with Crippen LogP contribution in [-0.4, -0.2) is 5.84 Å². The molecular formula is C17H20N2O. The third kappa shape index (κ3) is 2.99. The van der Waals surface area contributed by atoms with Gasteiger partial charge in [0, 0.05) is 5.56 Å². The molecule has 0 atom stereocenters. The summed E-state index contributed by atoms with van der Waals surface area (Å²) in [4.78, 5) is 0. The number of nitrogens with one attached hydrogen (secondary N) is 1. The molecule has 3 heteroatoms. The highest BCUT2D eigenvalue weighted by Crippen LogP contribution is 2.26. The Morgan fingerprint density at radius 2 is 1.80 bits per heavy atom. The molecule has 0 saturated carbocycles. The predicted molar refractivity (Wildman–Crippen MR) is 82.4 cm³/mol. The first-order valence-corrected chi connectivity index (χ1v) is 6.62. The molecule has 0 saturated heterocycles. The van der Waals surface area contributed by atoms with E-state index in [1.807, 2.05) is 31.2 Å². The molecule has 20 heavy (non-hydrogen) atoms. The van der Waals surface area contributed by atoms with Gasteiger partial charge in [0.05, 0.1) is 0 Å². The quantitative estimate of drug-likeness (QED) is 0.659. The van der Waals surface area contributed by atoms with Crippen LogP contribution in [0.5, 0.6) is 5.75 Å². The molecule has 2 aromatic rings. The van der Waals surface area contributed by atoms with Crippen LogP contribution in [0, 0.1) is 26.2 Å². The highest BCUT2D eigenvalue weighted by atomic mass is 16.5. The maximum atomic E-state index is 7.46. The Bertz CT molecular complexity index is 647. The molecular weight excluding hydrogens is 248 g/mol. The monoisotopic (exact) mass is 268 g/mol. The average molecular weight is 268 g/mol. The molecule has 0 aliphatic heterocycles. The van der Waals surface area contributed by atoms with E-state index in [2.05, 4.69) is 26.0 Å². The first-order valence-electron chi connectivity index (χ1n) is 6.62. The van der Waals surface area contributed by atoms with Crippen LogP contribution in [0.1, 0.15) is 27.8 Å². The van der Waals surface area contributed by atoms with E-state index in [-0.39, 0.29) is 5.84 Å².